The second kappa shape index (κ2) is 9.29. The van der Waals surface area contributed by atoms with Crippen LogP contribution in [0.3, 0.4) is 0 Å². The molecule has 0 amide bonds. The van der Waals surface area contributed by atoms with Gasteiger partial charge in [-0.1, -0.05) is 26.0 Å². The van der Waals surface area contributed by atoms with E-state index >= 15 is 0 Å². The van der Waals surface area contributed by atoms with E-state index in [0.717, 1.165) is 0 Å². The quantitative estimate of drug-likeness (QED) is 0.606. The van der Waals surface area contributed by atoms with Crippen LogP contribution < -0.4 is 0 Å². The molecule has 8 heteroatoms. The third-order valence-electron chi connectivity index (χ3n) is 3.23. The van der Waals surface area contributed by atoms with E-state index in [1.54, 1.807) is 19.9 Å². The molecule has 0 aliphatic heterocycles. The number of nitro groups is 1. The SMILES string of the molecule is CCC(=O)C(C)C(C(C)=O)c1cccc([N+](=O)[O-])c1.O=C(O)O. The minimum atomic E-state index is -1.83. The number of hydrogen-bond acceptors (Lipinski definition) is 5. The van der Waals surface area contributed by atoms with Crippen LogP contribution in [-0.2, 0) is 9.59 Å². The number of Topliss-reactive ketones (excluding diaryl/α,β-unsaturated/α-hetero) is 2. The van der Waals surface area contributed by atoms with Gasteiger partial charge in [-0.3, -0.25) is 19.7 Å². The lowest BCUT2D eigenvalue weighted by atomic mass is 9.81. The first-order valence-electron chi connectivity index (χ1n) is 6.81. The predicted octanol–water partition coefficient (Wildman–Crippen LogP) is 3.11. The van der Waals surface area contributed by atoms with Gasteiger partial charge in [-0.25, -0.2) is 4.79 Å². The lowest BCUT2D eigenvalue weighted by molar-refractivity contribution is -0.384. The van der Waals surface area contributed by atoms with Crippen molar-refractivity contribution in [2.45, 2.75) is 33.1 Å². The van der Waals surface area contributed by atoms with Gasteiger partial charge in [0, 0.05) is 24.5 Å². The van der Waals surface area contributed by atoms with Crippen LogP contribution in [0.4, 0.5) is 10.5 Å². The monoisotopic (exact) mass is 325 g/mol. The molecule has 0 radical (unpaired) electrons. The number of ketones is 2. The number of carbonyl (C=O) groups is 3. The number of carboxylic acid groups (broad SMARTS) is 2. The summed E-state index contributed by atoms with van der Waals surface area (Å²) >= 11 is 0. The van der Waals surface area contributed by atoms with Gasteiger partial charge < -0.3 is 10.2 Å². The van der Waals surface area contributed by atoms with E-state index in [2.05, 4.69) is 0 Å². The number of nitrogens with zero attached hydrogens (tertiary/aromatic N) is 1. The number of nitro benzene ring substituents is 1. The van der Waals surface area contributed by atoms with Gasteiger partial charge in [-0.05, 0) is 12.5 Å². The van der Waals surface area contributed by atoms with E-state index in [9.17, 15) is 19.7 Å². The molecule has 1 aromatic carbocycles. The Hall–Kier alpha value is -2.77. The third kappa shape index (κ3) is 6.68. The molecule has 2 N–H and O–H groups in total. The summed E-state index contributed by atoms with van der Waals surface area (Å²) in [5, 5.41) is 24.7. The predicted molar refractivity (Wildman–Crippen MR) is 81.6 cm³/mol. The Morgan fingerprint density at radius 1 is 1.26 bits per heavy atom. The minimum absolute atomic E-state index is 0.0216. The third-order valence-corrected chi connectivity index (χ3v) is 3.23. The fourth-order valence-corrected chi connectivity index (χ4v) is 2.22. The maximum atomic E-state index is 11.8. The zero-order chi connectivity index (χ0) is 18.2. The first-order valence-corrected chi connectivity index (χ1v) is 6.81. The van der Waals surface area contributed by atoms with Gasteiger partial charge in [0.2, 0.25) is 0 Å². The summed E-state index contributed by atoms with van der Waals surface area (Å²) in [6.07, 6.45) is -1.49. The molecule has 0 saturated carbocycles. The van der Waals surface area contributed by atoms with Crippen LogP contribution in [0.2, 0.25) is 0 Å². The molecule has 0 aliphatic carbocycles. The van der Waals surface area contributed by atoms with Crippen molar-refractivity contribution in [2.24, 2.45) is 5.92 Å². The molecule has 2 unspecified atom stereocenters. The van der Waals surface area contributed by atoms with Gasteiger partial charge in [0.25, 0.3) is 5.69 Å². The Morgan fingerprint density at radius 3 is 2.17 bits per heavy atom. The summed E-state index contributed by atoms with van der Waals surface area (Å²) in [7, 11) is 0. The molecule has 0 spiro atoms. The normalized spacial score (nSPS) is 12.3. The topological polar surface area (TPSA) is 135 Å². The molecule has 1 aromatic rings. The second-order valence-electron chi connectivity index (χ2n) is 4.83. The molecule has 8 nitrogen and oxygen atoms in total. The molecule has 1 rings (SSSR count). The zero-order valence-corrected chi connectivity index (χ0v) is 13.1. The number of benzene rings is 1. The average molecular weight is 325 g/mol. The molecule has 23 heavy (non-hydrogen) atoms. The number of rotatable bonds is 6. The molecule has 126 valence electrons. The maximum Gasteiger partial charge on any atom is 0.503 e. The zero-order valence-electron chi connectivity index (χ0n) is 13.1. The van der Waals surface area contributed by atoms with E-state index < -0.39 is 22.9 Å². The number of carbonyl (C=O) groups excluding carboxylic acids is 2. The van der Waals surface area contributed by atoms with Crippen molar-refractivity contribution in [1.82, 2.24) is 0 Å². The first kappa shape index (κ1) is 20.2. The van der Waals surface area contributed by atoms with Gasteiger partial charge in [0.15, 0.2) is 0 Å². The highest BCUT2D eigenvalue weighted by Gasteiger charge is 2.29. The van der Waals surface area contributed by atoms with Crippen LogP contribution in [0, 0.1) is 16.0 Å². The Morgan fingerprint density at radius 2 is 1.78 bits per heavy atom. The highest BCUT2D eigenvalue weighted by atomic mass is 16.6. The van der Waals surface area contributed by atoms with E-state index in [4.69, 9.17) is 15.0 Å². The lowest BCUT2D eigenvalue weighted by Gasteiger charge is -2.20. The van der Waals surface area contributed by atoms with Crippen molar-refractivity contribution < 1.29 is 29.5 Å². The standard InChI is InChI=1S/C14H17NO4.CH2O3/c1-4-13(17)9(2)14(10(3)16)11-6-5-7-12(8-11)15(18)19;2-1(3)4/h5-9,14H,4H2,1-3H3;(H2,2,3,4). The Bertz CT molecular complexity index is 593. The lowest BCUT2D eigenvalue weighted by Crippen LogP contribution is -2.24. The summed E-state index contributed by atoms with van der Waals surface area (Å²) in [5.74, 6) is -1.27. The molecule has 0 aromatic heterocycles. The molecule has 0 saturated heterocycles. The van der Waals surface area contributed by atoms with Crippen LogP contribution in [-0.4, -0.2) is 32.9 Å². The fourth-order valence-electron chi connectivity index (χ4n) is 2.22. The first-order chi connectivity index (χ1) is 10.6. The van der Waals surface area contributed by atoms with Gasteiger partial charge in [-0.2, -0.15) is 0 Å². The molecular formula is C15H19NO7. The second-order valence-corrected chi connectivity index (χ2v) is 4.83. The van der Waals surface area contributed by atoms with Gasteiger partial charge in [0.1, 0.15) is 11.6 Å². The molecule has 0 aliphatic rings. The summed E-state index contributed by atoms with van der Waals surface area (Å²) in [5.41, 5.74) is 0.455. The summed E-state index contributed by atoms with van der Waals surface area (Å²) in [6, 6.07) is 5.92. The summed E-state index contributed by atoms with van der Waals surface area (Å²) in [6.45, 7) is 4.84. The Labute approximate surface area is 132 Å². The Balaban J connectivity index is 0.00000108. The smallest absolute Gasteiger partial charge is 0.450 e. The van der Waals surface area contributed by atoms with Crippen LogP contribution in [0.25, 0.3) is 0 Å². The highest BCUT2D eigenvalue weighted by molar-refractivity contribution is 5.92. The average Bonchev–Trinajstić information content (AvgIpc) is 2.45. The van der Waals surface area contributed by atoms with Crippen molar-refractivity contribution >= 4 is 23.4 Å². The minimum Gasteiger partial charge on any atom is -0.450 e. The number of non-ortho nitro benzene ring substituents is 1. The van der Waals surface area contributed by atoms with E-state index in [1.165, 1.54) is 25.1 Å². The van der Waals surface area contributed by atoms with Gasteiger partial charge >= 0.3 is 6.16 Å². The Kier molecular flexibility index (Phi) is 8.17. The van der Waals surface area contributed by atoms with Crippen molar-refractivity contribution in [3.63, 3.8) is 0 Å². The maximum absolute atomic E-state index is 11.8. The van der Waals surface area contributed by atoms with Gasteiger partial charge in [-0.15, -0.1) is 0 Å². The molecule has 2 atom stereocenters. The van der Waals surface area contributed by atoms with E-state index in [1.807, 2.05) is 0 Å². The summed E-state index contributed by atoms with van der Waals surface area (Å²) in [4.78, 5) is 42.3. The van der Waals surface area contributed by atoms with Crippen molar-refractivity contribution in [1.29, 1.82) is 0 Å². The molecule has 0 heterocycles. The molecule has 0 bridgehead atoms. The van der Waals surface area contributed by atoms with Crippen LogP contribution in [0.5, 0.6) is 0 Å². The largest absolute Gasteiger partial charge is 0.503 e. The number of hydrogen-bond donors (Lipinski definition) is 2. The van der Waals surface area contributed by atoms with Crippen LogP contribution in [0.1, 0.15) is 38.7 Å². The van der Waals surface area contributed by atoms with E-state index in [-0.39, 0.29) is 17.3 Å². The fraction of sp³-hybridized carbons (Fsp3) is 0.400. The van der Waals surface area contributed by atoms with Crippen LogP contribution in [0.15, 0.2) is 24.3 Å². The van der Waals surface area contributed by atoms with Crippen LogP contribution >= 0.6 is 0 Å². The van der Waals surface area contributed by atoms with Gasteiger partial charge in [0.05, 0.1) is 10.8 Å². The van der Waals surface area contributed by atoms with Crippen molar-refractivity contribution in [2.75, 3.05) is 0 Å². The summed E-state index contributed by atoms with van der Waals surface area (Å²) < 4.78 is 0. The van der Waals surface area contributed by atoms with Crippen molar-refractivity contribution in [3.05, 3.63) is 39.9 Å². The van der Waals surface area contributed by atoms with Crippen molar-refractivity contribution in [3.8, 4) is 0 Å². The highest BCUT2D eigenvalue weighted by Crippen LogP contribution is 2.29. The van der Waals surface area contributed by atoms with E-state index in [0.29, 0.717) is 12.0 Å². The molecular weight excluding hydrogens is 306 g/mol. The molecule has 0 fully saturated rings.